The fourth-order valence-electron chi connectivity index (χ4n) is 2.35. The third kappa shape index (κ3) is 3.98. The molecule has 1 amide bonds. The lowest BCUT2D eigenvalue weighted by atomic mass is 10.1. The Hall–Kier alpha value is -2.95. The predicted molar refractivity (Wildman–Crippen MR) is 103 cm³/mol. The van der Waals surface area contributed by atoms with Crippen molar-refractivity contribution in [1.29, 1.82) is 0 Å². The molecule has 2 aromatic carbocycles. The van der Waals surface area contributed by atoms with E-state index in [-0.39, 0.29) is 21.3 Å². The van der Waals surface area contributed by atoms with E-state index in [9.17, 15) is 18.0 Å². The first-order valence-electron chi connectivity index (χ1n) is 7.88. The Balaban J connectivity index is 1.91. The highest BCUT2D eigenvalue weighted by atomic mass is 35.5. The Morgan fingerprint density at radius 1 is 1.21 bits per heavy atom. The van der Waals surface area contributed by atoms with Crippen LogP contribution in [0, 0.1) is 0 Å². The molecule has 0 unspecified atom stereocenters. The highest BCUT2D eigenvalue weighted by molar-refractivity contribution is 7.89. The second-order valence-corrected chi connectivity index (χ2v) is 8.47. The molecule has 3 rings (SSSR count). The summed E-state index contributed by atoms with van der Waals surface area (Å²) in [5.74, 6) is -1.08. The number of carbonyl (C=O) groups excluding carboxylic acids is 1. The van der Waals surface area contributed by atoms with Crippen molar-refractivity contribution >= 4 is 33.2 Å². The summed E-state index contributed by atoms with van der Waals surface area (Å²) in [6.45, 7) is 0. The molecule has 2 N–H and O–H groups in total. The minimum atomic E-state index is -3.72. The lowest BCUT2D eigenvalue weighted by Crippen LogP contribution is -2.23. The van der Waals surface area contributed by atoms with Crippen molar-refractivity contribution in [2.24, 2.45) is 0 Å². The first-order valence-corrected chi connectivity index (χ1v) is 9.70. The van der Waals surface area contributed by atoms with Crippen LogP contribution in [0.3, 0.4) is 0 Å². The van der Waals surface area contributed by atoms with Crippen LogP contribution in [0.2, 0.25) is 5.02 Å². The maximum Gasteiger partial charge on any atom is 0.439 e. The van der Waals surface area contributed by atoms with Gasteiger partial charge in [-0.05, 0) is 30.3 Å². The number of nitrogens with zero attached hydrogens (tertiary/aromatic N) is 2. The van der Waals surface area contributed by atoms with Gasteiger partial charge in [0.1, 0.15) is 0 Å². The zero-order chi connectivity index (χ0) is 20.5. The summed E-state index contributed by atoms with van der Waals surface area (Å²) in [7, 11) is -0.936. The smallest absolute Gasteiger partial charge is 0.322 e. The van der Waals surface area contributed by atoms with Gasteiger partial charge in [0.2, 0.25) is 10.0 Å². The Morgan fingerprint density at radius 2 is 1.96 bits per heavy atom. The molecule has 0 spiro atoms. The number of aromatic amines is 1. The third-order valence-corrected chi connectivity index (χ3v) is 5.94. The highest BCUT2D eigenvalue weighted by Gasteiger charge is 2.21. The number of hydrogen-bond donors (Lipinski definition) is 2. The van der Waals surface area contributed by atoms with Gasteiger partial charge in [-0.3, -0.25) is 14.3 Å². The van der Waals surface area contributed by atoms with E-state index in [4.69, 9.17) is 11.6 Å². The number of anilines is 1. The lowest BCUT2D eigenvalue weighted by Gasteiger charge is -2.13. The van der Waals surface area contributed by atoms with E-state index in [1.807, 2.05) is 0 Å². The Morgan fingerprint density at radius 3 is 2.61 bits per heavy atom. The number of aromatic nitrogens is 2. The molecule has 0 radical (unpaired) electrons. The average molecular weight is 423 g/mol. The van der Waals surface area contributed by atoms with Crippen LogP contribution in [0.25, 0.3) is 11.4 Å². The van der Waals surface area contributed by atoms with Gasteiger partial charge in [-0.15, -0.1) is 0 Å². The third-order valence-electron chi connectivity index (χ3n) is 3.80. The zero-order valence-corrected chi connectivity index (χ0v) is 16.3. The van der Waals surface area contributed by atoms with E-state index in [0.29, 0.717) is 11.3 Å². The topological polar surface area (TPSA) is 125 Å². The number of nitrogens with one attached hydrogen (secondary N) is 2. The zero-order valence-electron chi connectivity index (χ0n) is 14.8. The Bertz CT molecular complexity index is 1200. The van der Waals surface area contributed by atoms with Crippen molar-refractivity contribution in [3.63, 3.8) is 0 Å². The summed E-state index contributed by atoms with van der Waals surface area (Å²) < 4.78 is 30.1. The second kappa shape index (κ2) is 7.58. The van der Waals surface area contributed by atoms with Gasteiger partial charge in [-0.2, -0.15) is 0 Å². The molecule has 0 aliphatic heterocycles. The van der Waals surface area contributed by atoms with Crippen molar-refractivity contribution in [2.75, 3.05) is 19.4 Å². The molecule has 0 bridgehead atoms. The molecular weight excluding hydrogens is 408 g/mol. The van der Waals surface area contributed by atoms with Gasteiger partial charge in [0.25, 0.3) is 5.91 Å². The van der Waals surface area contributed by atoms with Crippen LogP contribution in [-0.4, -0.2) is 42.9 Å². The van der Waals surface area contributed by atoms with Crippen LogP contribution in [0.5, 0.6) is 0 Å². The number of halogens is 1. The number of carbonyl (C=O) groups is 1. The van der Waals surface area contributed by atoms with Crippen LogP contribution >= 0.6 is 11.6 Å². The fraction of sp³-hybridized carbons (Fsp3) is 0.118. The molecule has 0 aliphatic carbocycles. The number of rotatable bonds is 5. The minimum Gasteiger partial charge on any atom is -0.322 e. The van der Waals surface area contributed by atoms with E-state index >= 15 is 0 Å². The van der Waals surface area contributed by atoms with Crippen LogP contribution in [0.15, 0.2) is 56.7 Å². The fourth-order valence-corrected chi connectivity index (χ4v) is 3.48. The summed E-state index contributed by atoms with van der Waals surface area (Å²) in [6.07, 6.45) is 0. The van der Waals surface area contributed by atoms with E-state index in [1.54, 1.807) is 24.3 Å². The van der Waals surface area contributed by atoms with Gasteiger partial charge in [-0.1, -0.05) is 28.9 Å². The second-order valence-electron chi connectivity index (χ2n) is 5.91. The highest BCUT2D eigenvalue weighted by Crippen LogP contribution is 2.24. The molecule has 146 valence electrons. The molecule has 11 heteroatoms. The summed E-state index contributed by atoms with van der Waals surface area (Å²) in [5.41, 5.74) is 0.909. The Kier molecular flexibility index (Phi) is 5.36. The van der Waals surface area contributed by atoms with E-state index in [2.05, 4.69) is 20.0 Å². The SMILES string of the molecule is CN(C)S(=O)(=O)c1ccc(Cl)c(C(=O)Nc2cccc(-c3noc(=O)[nH]3)c2)c1. The quantitative estimate of drug-likeness (QED) is 0.649. The normalized spacial score (nSPS) is 11.6. The number of hydrogen-bond acceptors (Lipinski definition) is 6. The maximum atomic E-state index is 12.6. The molecule has 0 atom stereocenters. The van der Waals surface area contributed by atoms with Gasteiger partial charge < -0.3 is 5.32 Å². The standard InChI is InChI=1S/C17H15ClN4O5S/c1-22(2)28(25,26)12-6-7-14(18)13(9-12)16(23)19-11-5-3-4-10(8-11)15-20-17(24)27-21-15/h3-9H,1-2H3,(H,19,23)(H,20,21,24). The summed E-state index contributed by atoms with van der Waals surface area (Å²) in [4.78, 5) is 26.1. The summed E-state index contributed by atoms with van der Waals surface area (Å²) >= 11 is 6.09. The van der Waals surface area contributed by atoms with Gasteiger partial charge >= 0.3 is 5.76 Å². The van der Waals surface area contributed by atoms with Crippen molar-refractivity contribution in [3.05, 3.63) is 63.6 Å². The number of amides is 1. The van der Waals surface area contributed by atoms with Crippen LogP contribution in [0.4, 0.5) is 5.69 Å². The maximum absolute atomic E-state index is 12.6. The van der Waals surface area contributed by atoms with Crippen molar-refractivity contribution in [1.82, 2.24) is 14.4 Å². The molecule has 9 nitrogen and oxygen atoms in total. The van der Waals surface area contributed by atoms with Crippen LogP contribution in [0.1, 0.15) is 10.4 Å². The van der Waals surface area contributed by atoms with Gasteiger partial charge in [0.15, 0.2) is 5.82 Å². The van der Waals surface area contributed by atoms with E-state index in [0.717, 1.165) is 4.31 Å². The largest absolute Gasteiger partial charge is 0.439 e. The molecular formula is C17H15ClN4O5S. The van der Waals surface area contributed by atoms with Crippen LogP contribution < -0.4 is 11.1 Å². The Labute approximate surface area is 165 Å². The molecule has 0 saturated heterocycles. The molecule has 0 fully saturated rings. The predicted octanol–water partition coefficient (Wildman–Crippen LogP) is 2.19. The van der Waals surface area contributed by atoms with E-state index < -0.39 is 21.7 Å². The van der Waals surface area contributed by atoms with Crippen LogP contribution in [-0.2, 0) is 10.0 Å². The van der Waals surface area contributed by atoms with Gasteiger partial charge in [0.05, 0.1) is 15.5 Å². The summed E-state index contributed by atoms with van der Waals surface area (Å²) in [5, 5.41) is 6.33. The molecule has 0 saturated carbocycles. The van der Waals surface area contributed by atoms with Gasteiger partial charge in [0, 0.05) is 25.3 Å². The molecule has 3 aromatic rings. The lowest BCUT2D eigenvalue weighted by molar-refractivity contribution is 0.102. The number of sulfonamides is 1. The molecule has 0 aliphatic rings. The molecule has 1 heterocycles. The number of H-pyrrole nitrogens is 1. The van der Waals surface area contributed by atoms with Crippen molar-refractivity contribution < 1.29 is 17.7 Å². The number of benzene rings is 2. The molecule has 1 aromatic heterocycles. The van der Waals surface area contributed by atoms with Crippen molar-refractivity contribution in [3.8, 4) is 11.4 Å². The van der Waals surface area contributed by atoms with Crippen molar-refractivity contribution in [2.45, 2.75) is 4.90 Å². The first-order chi connectivity index (χ1) is 13.2. The minimum absolute atomic E-state index is 0.00448. The summed E-state index contributed by atoms with van der Waals surface area (Å²) in [6, 6.07) is 10.4. The first kappa shape index (κ1) is 19.8. The molecule has 28 heavy (non-hydrogen) atoms. The van der Waals surface area contributed by atoms with Gasteiger partial charge in [-0.25, -0.2) is 17.5 Å². The average Bonchev–Trinajstić information content (AvgIpc) is 3.08. The van der Waals surface area contributed by atoms with E-state index in [1.165, 1.54) is 32.3 Å². The monoisotopic (exact) mass is 422 g/mol.